The quantitative estimate of drug-likeness (QED) is 0.547. The van der Waals surface area contributed by atoms with E-state index in [4.69, 9.17) is 5.11 Å². The van der Waals surface area contributed by atoms with Crippen LogP contribution in [0.1, 0.15) is 0 Å². The van der Waals surface area contributed by atoms with Gasteiger partial charge in [-0.25, -0.2) is 0 Å². The summed E-state index contributed by atoms with van der Waals surface area (Å²) in [4.78, 5) is 0. The summed E-state index contributed by atoms with van der Waals surface area (Å²) in [5.41, 5.74) is 0. The van der Waals surface area contributed by atoms with E-state index in [1.54, 1.807) is 24.3 Å². The second kappa shape index (κ2) is 6.63. The van der Waals surface area contributed by atoms with E-state index in [0.717, 1.165) is 0 Å². The van der Waals surface area contributed by atoms with E-state index in [1.807, 2.05) is 23.9 Å². The number of aromatic hydroxyl groups is 1. The van der Waals surface area contributed by atoms with Gasteiger partial charge in [-0.3, -0.25) is 0 Å². The first-order chi connectivity index (χ1) is 4.39. The van der Waals surface area contributed by atoms with Crippen molar-refractivity contribution < 1.29 is 5.11 Å². The van der Waals surface area contributed by atoms with Crippen molar-refractivity contribution >= 4 is 36.7 Å². The molecule has 43 valence electrons. The lowest BCUT2D eigenvalue weighted by Crippen LogP contribution is -1.56. The lowest BCUT2D eigenvalue weighted by Gasteiger charge is -1.82. The summed E-state index contributed by atoms with van der Waals surface area (Å²) in [5.74, 6) is 0.322. The number of hydrogen-bond donors (Lipinski definition) is 1. The SMILES string of the molecule is Oc1ccccc1.[Mg+2][I]. The number of phenols is 1. The molecule has 0 saturated carbocycles. The van der Waals surface area contributed by atoms with Crippen LogP contribution in [-0.4, -0.2) is 22.9 Å². The minimum atomic E-state index is 0.322. The van der Waals surface area contributed by atoms with Crippen LogP contribution >= 0.6 is 18.9 Å². The van der Waals surface area contributed by atoms with Gasteiger partial charge in [-0.2, -0.15) is 0 Å². The Kier molecular flexibility index (Phi) is 7.01. The molecule has 1 nitrogen and oxygen atoms in total. The fourth-order valence-corrected chi connectivity index (χ4v) is 0.428. The molecule has 0 amide bonds. The monoisotopic (exact) mass is 245 g/mol. The molecule has 1 aromatic carbocycles. The van der Waals surface area contributed by atoms with Gasteiger partial charge in [-0.1, -0.05) is 18.2 Å². The Hall–Kier alpha value is 0.516. The van der Waals surface area contributed by atoms with Gasteiger partial charge in [0.25, 0.3) is 0 Å². The highest BCUT2D eigenvalue weighted by molar-refractivity contribution is 14.1. The van der Waals surface area contributed by atoms with Crippen LogP contribution in [-0.2, 0) is 0 Å². The van der Waals surface area contributed by atoms with Crippen molar-refractivity contribution in [3.8, 4) is 5.75 Å². The van der Waals surface area contributed by atoms with Crippen molar-refractivity contribution in [1.82, 2.24) is 0 Å². The van der Waals surface area contributed by atoms with Crippen LogP contribution in [0.3, 0.4) is 0 Å². The van der Waals surface area contributed by atoms with Gasteiger partial charge >= 0.3 is 36.7 Å². The highest BCUT2D eigenvalue weighted by Crippen LogP contribution is 2.02. The van der Waals surface area contributed by atoms with Crippen molar-refractivity contribution in [2.75, 3.05) is 0 Å². The van der Waals surface area contributed by atoms with Gasteiger partial charge in [-0.15, -0.1) is 0 Å². The normalized spacial score (nSPS) is 7.33. The van der Waals surface area contributed by atoms with Crippen LogP contribution in [0.4, 0.5) is 0 Å². The highest BCUT2D eigenvalue weighted by Gasteiger charge is 2.12. The van der Waals surface area contributed by atoms with E-state index >= 15 is 0 Å². The molecule has 0 aromatic heterocycles. The predicted molar refractivity (Wildman–Crippen MR) is 47.9 cm³/mol. The molecule has 3 heteroatoms. The van der Waals surface area contributed by atoms with Gasteiger partial charge in [0, 0.05) is 0 Å². The van der Waals surface area contributed by atoms with Gasteiger partial charge in [0.15, 0.2) is 0 Å². The van der Waals surface area contributed by atoms with E-state index in [-0.39, 0.29) is 0 Å². The maximum absolute atomic E-state index is 8.63. The number of halogens is 1. The molecule has 0 spiro atoms. The van der Waals surface area contributed by atoms with Crippen molar-refractivity contribution in [3.05, 3.63) is 30.3 Å². The maximum Gasteiger partial charge on any atom is 1.49 e. The van der Waals surface area contributed by atoms with Gasteiger partial charge in [0.05, 0.1) is 0 Å². The summed E-state index contributed by atoms with van der Waals surface area (Å²) in [5, 5.41) is 8.63. The van der Waals surface area contributed by atoms with Crippen molar-refractivity contribution in [2.24, 2.45) is 0 Å². The number of rotatable bonds is 0. The molecule has 0 heterocycles. The smallest absolute Gasteiger partial charge is 0.508 e. The third kappa shape index (κ3) is 4.99. The molecule has 9 heavy (non-hydrogen) atoms. The molecule has 0 unspecified atom stereocenters. The summed E-state index contributed by atoms with van der Waals surface area (Å²) in [6.45, 7) is 0. The van der Waals surface area contributed by atoms with Crippen LogP contribution in [0.15, 0.2) is 30.3 Å². The average molecular weight is 245 g/mol. The highest BCUT2D eigenvalue weighted by atomic mass is 127. The number of hydrogen-bond acceptors (Lipinski definition) is 1. The first-order valence-corrected chi connectivity index (χ1v) is 7.51. The van der Waals surface area contributed by atoms with Crippen molar-refractivity contribution in [2.45, 2.75) is 0 Å². The van der Waals surface area contributed by atoms with E-state index < -0.39 is 0 Å². The molecular formula is C6H6IMgO+2. The summed E-state index contributed by atoms with van der Waals surface area (Å²) in [7, 11) is 0. The number of benzene rings is 1. The molecule has 7 radical (unpaired) electrons. The predicted octanol–water partition coefficient (Wildman–Crippen LogP) is 1.90. The average Bonchev–Trinajstić information content (AvgIpc) is 1.94. The number of phenolic OH excluding ortho intramolecular Hbond substituents is 1. The molecule has 0 fully saturated rings. The third-order valence-electron chi connectivity index (χ3n) is 0.756. The molecular weight excluding hydrogens is 239 g/mol. The Morgan fingerprint density at radius 3 is 1.78 bits per heavy atom. The Bertz CT molecular complexity index is 143. The largest absolute Gasteiger partial charge is 1.49 e. The molecule has 0 saturated heterocycles. The first-order valence-electron chi connectivity index (χ1n) is 2.40. The molecule has 1 rings (SSSR count). The lowest BCUT2D eigenvalue weighted by atomic mass is 10.3. The van der Waals surface area contributed by atoms with Crippen molar-refractivity contribution in [3.63, 3.8) is 0 Å². The second-order valence-electron chi connectivity index (χ2n) is 1.34. The minimum absolute atomic E-state index is 0.322. The molecule has 0 atom stereocenters. The zero-order valence-electron chi connectivity index (χ0n) is 4.92. The van der Waals surface area contributed by atoms with Gasteiger partial charge < -0.3 is 5.11 Å². The van der Waals surface area contributed by atoms with Gasteiger partial charge in [0.2, 0.25) is 0 Å². The van der Waals surface area contributed by atoms with Gasteiger partial charge in [0.1, 0.15) is 5.75 Å². The first kappa shape index (κ1) is 9.52. The zero-order chi connectivity index (χ0) is 7.11. The Morgan fingerprint density at radius 2 is 1.56 bits per heavy atom. The number of para-hydroxylation sites is 1. The fraction of sp³-hybridized carbons (Fsp3) is 0. The third-order valence-corrected chi connectivity index (χ3v) is 0.756. The van der Waals surface area contributed by atoms with Crippen molar-refractivity contribution in [1.29, 1.82) is 0 Å². The van der Waals surface area contributed by atoms with Crippen LogP contribution in [0, 0.1) is 0 Å². The Balaban J connectivity index is 0.000000291. The molecule has 0 aliphatic rings. The van der Waals surface area contributed by atoms with Crippen LogP contribution in [0.2, 0.25) is 0 Å². The Labute approximate surface area is 77.3 Å². The summed E-state index contributed by atoms with van der Waals surface area (Å²) >= 11 is 4.01. The van der Waals surface area contributed by atoms with Crippen LogP contribution in [0.25, 0.3) is 0 Å². The second-order valence-corrected chi connectivity index (χ2v) is 1.34. The summed E-state index contributed by atoms with van der Waals surface area (Å²) < 4.78 is 0. The van der Waals surface area contributed by atoms with Crippen LogP contribution < -0.4 is 0 Å². The lowest BCUT2D eigenvalue weighted by molar-refractivity contribution is 0.475. The fourth-order valence-electron chi connectivity index (χ4n) is 0.428. The van der Waals surface area contributed by atoms with Gasteiger partial charge in [-0.05, 0) is 12.1 Å². The molecule has 0 aliphatic heterocycles. The molecule has 0 aliphatic carbocycles. The molecule has 1 N–H and O–H groups in total. The molecule has 0 bridgehead atoms. The van der Waals surface area contributed by atoms with E-state index in [0.29, 0.717) is 5.75 Å². The Morgan fingerprint density at radius 1 is 1.11 bits per heavy atom. The molecule has 1 aromatic rings. The zero-order valence-corrected chi connectivity index (χ0v) is 8.49. The standard InChI is InChI=1S/C6H6O.HI.Mg/c7-6-4-2-1-3-5-6;;/h1-5,7H;1H;/q;;+3/p-1. The summed E-state index contributed by atoms with van der Waals surface area (Å²) in [6, 6.07) is 8.71. The van der Waals surface area contributed by atoms with E-state index in [1.165, 1.54) is 0 Å². The maximum atomic E-state index is 8.63. The van der Waals surface area contributed by atoms with E-state index in [2.05, 4.69) is 18.9 Å². The topological polar surface area (TPSA) is 20.2 Å². The summed E-state index contributed by atoms with van der Waals surface area (Å²) in [6.07, 6.45) is 0. The van der Waals surface area contributed by atoms with E-state index in [9.17, 15) is 0 Å². The minimum Gasteiger partial charge on any atom is -0.508 e. The van der Waals surface area contributed by atoms with Crippen LogP contribution in [0.5, 0.6) is 5.75 Å².